The molecule has 0 atom stereocenters. The summed E-state index contributed by atoms with van der Waals surface area (Å²) >= 11 is 0. The summed E-state index contributed by atoms with van der Waals surface area (Å²) < 4.78 is 0. The molecule has 0 radical (unpaired) electrons. The zero-order valence-corrected chi connectivity index (χ0v) is 7.68. The van der Waals surface area contributed by atoms with Gasteiger partial charge in [0.2, 0.25) is 11.5 Å². The summed E-state index contributed by atoms with van der Waals surface area (Å²) in [5, 5.41) is 2.49. The van der Waals surface area contributed by atoms with Crippen molar-refractivity contribution in [2.45, 2.75) is 13.3 Å². The van der Waals surface area contributed by atoms with Crippen LogP contribution in [0.4, 0.5) is 0 Å². The van der Waals surface area contributed by atoms with E-state index in [4.69, 9.17) is 0 Å². The van der Waals surface area contributed by atoms with E-state index in [1.165, 1.54) is 6.07 Å². The van der Waals surface area contributed by atoms with Crippen molar-refractivity contribution in [2.75, 3.05) is 7.05 Å². The molecule has 0 saturated carbocycles. The van der Waals surface area contributed by atoms with Gasteiger partial charge in [0.1, 0.15) is 0 Å². The van der Waals surface area contributed by atoms with Crippen LogP contribution in [0.3, 0.4) is 0 Å². The first-order valence-corrected chi connectivity index (χ1v) is 4.02. The lowest BCUT2D eigenvalue weighted by Crippen LogP contribution is -2.22. The van der Waals surface area contributed by atoms with E-state index in [2.05, 4.69) is 10.3 Å². The number of rotatable bonds is 2. The minimum Gasteiger partial charge on any atom is -0.359 e. The molecule has 1 heterocycles. The van der Waals surface area contributed by atoms with Crippen molar-refractivity contribution >= 4 is 5.91 Å². The van der Waals surface area contributed by atoms with Gasteiger partial charge in [-0.3, -0.25) is 9.59 Å². The summed E-state index contributed by atoms with van der Waals surface area (Å²) in [4.78, 5) is 24.6. The molecule has 0 bridgehead atoms. The van der Waals surface area contributed by atoms with Crippen LogP contribution in [0.2, 0.25) is 0 Å². The number of H-pyrrole nitrogens is 1. The number of nitrogens with one attached hydrogen (secondary N) is 2. The van der Waals surface area contributed by atoms with Gasteiger partial charge in [-0.05, 0) is 18.6 Å². The highest BCUT2D eigenvalue weighted by atomic mass is 16.1. The SMILES string of the molecule is CNC(=O)Cc1cc(C)cc(=O)[nH]1. The van der Waals surface area contributed by atoms with Gasteiger partial charge in [0.05, 0.1) is 6.42 Å². The van der Waals surface area contributed by atoms with Crippen LogP contribution in [0, 0.1) is 6.92 Å². The second kappa shape index (κ2) is 3.89. The number of aryl methyl sites for hydroxylation is 1. The molecule has 2 N–H and O–H groups in total. The second-order valence-electron chi connectivity index (χ2n) is 2.90. The fourth-order valence-corrected chi connectivity index (χ4v) is 1.11. The quantitative estimate of drug-likeness (QED) is 0.671. The third-order valence-electron chi connectivity index (χ3n) is 1.67. The van der Waals surface area contributed by atoms with Crippen molar-refractivity contribution in [1.82, 2.24) is 10.3 Å². The predicted molar refractivity (Wildman–Crippen MR) is 49.6 cm³/mol. The van der Waals surface area contributed by atoms with Gasteiger partial charge in [0.15, 0.2) is 0 Å². The number of hydrogen-bond acceptors (Lipinski definition) is 2. The fraction of sp³-hybridized carbons (Fsp3) is 0.333. The number of likely N-dealkylation sites (N-methyl/N-ethyl adjacent to an activating group) is 1. The highest BCUT2D eigenvalue weighted by Crippen LogP contribution is 1.97. The summed E-state index contributed by atoms with van der Waals surface area (Å²) in [7, 11) is 1.57. The molecule has 1 amide bonds. The molecule has 4 heteroatoms. The molecule has 1 aromatic rings. The third kappa shape index (κ3) is 2.74. The highest BCUT2D eigenvalue weighted by Gasteiger charge is 2.01. The maximum atomic E-state index is 11.0. The Hall–Kier alpha value is -1.58. The van der Waals surface area contributed by atoms with Crippen LogP contribution in [0.5, 0.6) is 0 Å². The van der Waals surface area contributed by atoms with Crippen LogP contribution in [-0.4, -0.2) is 17.9 Å². The molecule has 0 fully saturated rings. The number of carbonyl (C=O) groups is 1. The molecule has 13 heavy (non-hydrogen) atoms. The fourth-order valence-electron chi connectivity index (χ4n) is 1.11. The van der Waals surface area contributed by atoms with Crippen LogP contribution < -0.4 is 10.9 Å². The molecule has 70 valence electrons. The number of aromatic nitrogens is 1. The van der Waals surface area contributed by atoms with Crippen molar-refractivity contribution in [3.63, 3.8) is 0 Å². The molecule has 0 saturated heterocycles. The molecular weight excluding hydrogens is 168 g/mol. The van der Waals surface area contributed by atoms with Crippen LogP contribution in [0.15, 0.2) is 16.9 Å². The van der Waals surface area contributed by atoms with Gasteiger partial charge in [-0.1, -0.05) is 0 Å². The summed E-state index contributed by atoms with van der Waals surface area (Å²) in [5.74, 6) is -0.110. The Balaban J connectivity index is 2.89. The Morgan fingerprint density at radius 2 is 2.23 bits per heavy atom. The Morgan fingerprint density at radius 3 is 2.77 bits per heavy atom. The van der Waals surface area contributed by atoms with Gasteiger partial charge in [0.25, 0.3) is 0 Å². The van der Waals surface area contributed by atoms with Crippen LogP contribution in [-0.2, 0) is 11.2 Å². The zero-order chi connectivity index (χ0) is 9.84. The van der Waals surface area contributed by atoms with E-state index in [1.54, 1.807) is 13.1 Å². The Kier molecular flexibility index (Phi) is 2.84. The number of carbonyl (C=O) groups excluding carboxylic acids is 1. The van der Waals surface area contributed by atoms with E-state index in [1.807, 2.05) is 6.92 Å². The predicted octanol–water partition coefficient (Wildman–Crippen LogP) is -0.0282. The lowest BCUT2D eigenvalue weighted by Gasteiger charge is -2.00. The molecule has 1 aromatic heterocycles. The van der Waals surface area contributed by atoms with Crippen LogP contribution >= 0.6 is 0 Å². The first-order chi connectivity index (χ1) is 6.11. The van der Waals surface area contributed by atoms with E-state index in [9.17, 15) is 9.59 Å². The average Bonchev–Trinajstić information content (AvgIpc) is 2.02. The summed E-state index contributed by atoms with van der Waals surface area (Å²) in [6, 6.07) is 3.28. The first-order valence-electron chi connectivity index (χ1n) is 4.02. The van der Waals surface area contributed by atoms with E-state index in [-0.39, 0.29) is 17.9 Å². The molecule has 4 nitrogen and oxygen atoms in total. The van der Waals surface area contributed by atoms with E-state index >= 15 is 0 Å². The molecule has 0 aliphatic rings. The molecule has 0 aliphatic carbocycles. The molecule has 1 rings (SSSR count). The van der Waals surface area contributed by atoms with E-state index in [0.29, 0.717) is 5.69 Å². The standard InChI is InChI=1S/C9H12N2O2/c1-6-3-7(5-8(12)10-2)11-9(13)4-6/h3-4H,5H2,1-2H3,(H,10,12)(H,11,13). The van der Waals surface area contributed by atoms with Crippen LogP contribution in [0.25, 0.3) is 0 Å². The molecule has 0 unspecified atom stereocenters. The van der Waals surface area contributed by atoms with Crippen molar-refractivity contribution in [3.05, 3.63) is 33.7 Å². The maximum absolute atomic E-state index is 11.0. The molecule has 0 aliphatic heterocycles. The molecular formula is C9H12N2O2. The van der Waals surface area contributed by atoms with Crippen LogP contribution in [0.1, 0.15) is 11.3 Å². The smallest absolute Gasteiger partial charge is 0.248 e. The minimum absolute atomic E-state index is 0.110. The highest BCUT2D eigenvalue weighted by molar-refractivity contribution is 5.77. The maximum Gasteiger partial charge on any atom is 0.248 e. The van der Waals surface area contributed by atoms with Gasteiger partial charge in [-0.15, -0.1) is 0 Å². The largest absolute Gasteiger partial charge is 0.359 e. The lowest BCUT2D eigenvalue weighted by atomic mass is 10.2. The molecule has 0 aromatic carbocycles. The monoisotopic (exact) mass is 180 g/mol. The van der Waals surface area contributed by atoms with Gasteiger partial charge in [-0.2, -0.15) is 0 Å². The third-order valence-corrected chi connectivity index (χ3v) is 1.67. The Bertz CT molecular complexity index is 368. The Labute approximate surface area is 76.0 Å². The summed E-state index contributed by atoms with van der Waals surface area (Å²) in [6.45, 7) is 1.82. The lowest BCUT2D eigenvalue weighted by molar-refractivity contribution is -0.120. The van der Waals surface area contributed by atoms with Crippen molar-refractivity contribution in [1.29, 1.82) is 0 Å². The number of pyridine rings is 1. The average molecular weight is 180 g/mol. The van der Waals surface area contributed by atoms with Crippen molar-refractivity contribution in [2.24, 2.45) is 0 Å². The summed E-state index contributed by atoms with van der Waals surface area (Å²) in [5.41, 5.74) is 1.34. The van der Waals surface area contributed by atoms with Gasteiger partial charge in [0, 0.05) is 18.8 Å². The summed E-state index contributed by atoms with van der Waals surface area (Å²) in [6.07, 6.45) is 0.216. The van der Waals surface area contributed by atoms with Gasteiger partial charge in [-0.25, -0.2) is 0 Å². The first kappa shape index (κ1) is 9.51. The normalized spacial score (nSPS) is 9.69. The van der Waals surface area contributed by atoms with Gasteiger partial charge >= 0.3 is 0 Å². The second-order valence-corrected chi connectivity index (χ2v) is 2.90. The topological polar surface area (TPSA) is 62.0 Å². The number of hydrogen-bond donors (Lipinski definition) is 2. The van der Waals surface area contributed by atoms with Crippen molar-refractivity contribution < 1.29 is 4.79 Å². The van der Waals surface area contributed by atoms with Gasteiger partial charge < -0.3 is 10.3 Å². The van der Waals surface area contributed by atoms with E-state index < -0.39 is 0 Å². The zero-order valence-electron chi connectivity index (χ0n) is 7.68. The molecule has 0 spiro atoms. The Morgan fingerprint density at radius 1 is 1.54 bits per heavy atom. The number of aromatic amines is 1. The van der Waals surface area contributed by atoms with Crippen molar-refractivity contribution in [3.8, 4) is 0 Å². The van der Waals surface area contributed by atoms with E-state index in [0.717, 1.165) is 5.56 Å². The minimum atomic E-state index is -0.168. The number of amides is 1.